The van der Waals surface area contributed by atoms with Gasteiger partial charge in [-0.2, -0.15) is 4.91 Å². The molecule has 160 valence electrons. The van der Waals surface area contributed by atoms with Gasteiger partial charge < -0.3 is 15.1 Å². The van der Waals surface area contributed by atoms with Crippen molar-refractivity contribution in [2.75, 3.05) is 19.8 Å². The molecule has 2 aromatic rings. The molecule has 5 rings (SSSR count). The monoisotopic (exact) mass is 417 g/mol. The smallest absolute Gasteiger partial charge is 0.226 e. The van der Waals surface area contributed by atoms with Crippen LogP contribution in [-0.2, 0) is 11.2 Å². The van der Waals surface area contributed by atoms with Crippen molar-refractivity contribution in [1.29, 1.82) is 0 Å². The minimum atomic E-state index is -0.240. The number of nitrogens with one attached hydrogen (secondary N) is 1. The summed E-state index contributed by atoms with van der Waals surface area (Å²) in [7, 11) is 0. The SMILES string of the molecule is O=NC(C[C@@H]1c2ccccc2C2=CNCN21)C1CCN(C(=O)Cc2ccncc2)CC1. The van der Waals surface area contributed by atoms with E-state index in [0.29, 0.717) is 19.5 Å². The molecule has 1 aromatic heterocycles. The van der Waals surface area contributed by atoms with Crippen LogP contribution in [0.5, 0.6) is 0 Å². The molecular formula is C24H27N5O2. The average Bonchev–Trinajstić information content (AvgIpc) is 3.40. The van der Waals surface area contributed by atoms with E-state index in [2.05, 4.69) is 50.8 Å². The highest BCUT2D eigenvalue weighted by Gasteiger charge is 2.39. The molecule has 1 aromatic carbocycles. The van der Waals surface area contributed by atoms with E-state index < -0.39 is 0 Å². The summed E-state index contributed by atoms with van der Waals surface area (Å²) in [6, 6.07) is 12.1. The number of rotatable bonds is 6. The summed E-state index contributed by atoms with van der Waals surface area (Å²) in [5.74, 6) is 0.362. The normalized spacial score (nSPS) is 21.2. The van der Waals surface area contributed by atoms with Crippen molar-refractivity contribution in [2.24, 2.45) is 11.1 Å². The minimum Gasteiger partial charge on any atom is -0.372 e. The molecule has 0 spiro atoms. The van der Waals surface area contributed by atoms with E-state index >= 15 is 0 Å². The van der Waals surface area contributed by atoms with Gasteiger partial charge in [-0.05, 0) is 48.4 Å². The first-order chi connectivity index (χ1) is 15.2. The number of carbonyl (C=O) groups is 1. The molecule has 0 saturated carbocycles. The van der Waals surface area contributed by atoms with Gasteiger partial charge in [-0.3, -0.25) is 9.78 Å². The van der Waals surface area contributed by atoms with Gasteiger partial charge in [0.2, 0.25) is 5.91 Å². The third-order valence-corrected chi connectivity index (χ3v) is 6.92. The second-order valence-electron chi connectivity index (χ2n) is 8.62. The number of likely N-dealkylation sites (tertiary alicyclic amines) is 1. The molecule has 1 fully saturated rings. The highest BCUT2D eigenvalue weighted by atomic mass is 16.3. The molecule has 3 aliphatic heterocycles. The van der Waals surface area contributed by atoms with Crippen LogP contribution in [0.4, 0.5) is 0 Å². The van der Waals surface area contributed by atoms with Crippen LogP contribution in [-0.4, -0.2) is 46.5 Å². The predicted molar refractivity (Wildman–Crippen MR) is 118 cm³/mol. The molecule has 1 unspecified atom stereocenters. The lowest BCUT2D eigenvalue weighted by atomic mass is 9.85. The zero-order chi connectivity index (χ0) is 21.2. The van der Waals surface area contributed by atoms with Gasteiger partial charge in [-0.15, -0.1) is 0 Å². The Morgan fingerprint density at radius 3 is 2.71 bits per heavy atom. The second kappa shape index (κ2) is 8.49. The maximum atomic E-state index is 12.7. The minimum absolute atomic E-state index is 0.142. The molecule has 1 saturated heterocycles. The number of aromatic nitrogens is 1. The first-order valence-electron chi connectivity index (χ1n) is 11.0. The van der Waals surface area contributed by atoms with Crippen LogP contribution < -0.4 is 5.32 Å². The van der Waals surface area contributed by atoms with E-state index in [-0.39, 0.29) is 23.9 Å². The van der Waals surface area contributed by atoms with Crippen LogP contribution in [0, 0.1) is 10.8 Å². The van der Waals surface area contributed by atoms with Crippen molar-refractivity contribution < 1.29 is 4.79 Å². The summed E-state index contributed by atoms with van der Waals surface area (Å²) in [6.45, 7) is 2.15. The molecule has 1 N–H and O–H groups in total. The third-order valence-electron chi connectivity index (χ3n) is 6.92. The van der Waals surface area contributed by atoms with Crippen molar-refractivity contribution >= 4 is 11.6 Å². The number of amides is 1. The molecule has 0 radical (unpaired) electrons. The molecule has 0 aliphatic carbocycles. The molecule has 31 heavy (non-hydrogen) atoms. The Kier molecular flexibility index (Phi) is 5.40. The number of fused-ring (bicyclic) bond motifs is 3. The Hall–Kier alpha value is -3.22. The quantitative estimate of drug-likeness (QED) is 0.730. The fourth-order valence-electron chi connectivity index (χ4n) is 5.23. The summed E-state index contributed by atoms with van der Waals surface area (Å²) < 4.78 is 0. The van der Waals surface area contributed by atoms with Gasteiger partial charge in [-0.25, -0.2) is 0 Å². The maximum absolute atomic E-state index is 12.7. The lowest BCUT2D eigenvalue weighted by molar-refractivity contribution is -0.132. The highest BCUT2D eigenvalue weighted by Crippen LogP contribution is 2.45. The van der Waals surface area contributed by atoms with Crippen LogP contribution >= 0.6 is 0 Å². The fourth-order valence-corrected chi connectivity index (χ4v) is 5.23. The standard InChI is InChI=1S/C24H27N5O2/c30-24(13-17-5-9-25-10-6-17)28-11-7-18(8-12-28)21(27-31)14-22-19-3-1-2-4-20(19)23-15-26-16-29(22)23/h1-6,9-10,15,18,21-22,26H,7-8,11-14,16H2/t21?,22-/m1/s1. The first-order valence-corrected chi connectivity index (χ1v) is 11.0. The zero-order valence-corrected chi connectivity index (χ0v) is 17.5. The van der Waals surface area contributed by atoms with Crippen molar-refractivity contribution in [2.45, 2.75) is 37.8 Å². The molecule has 4 heterocycles. The molecule has 7 heteroatoms. The van der Waals surface area contributed by atoms with E-state index in [4.69, 9.17) is 0 Å². The maximum Gasteiger partial charge on any atom is 0.226 e. The topological polar surface area (TPSA) is 77.9 Å². The number of carbonyl (C=O) groups excluding carboxylic acids is 1. The van der Waals surface area contributed by atoms with Crippen LogP contribution in [0.15, 0.2) is 60.2 Å². The zero-order valence-electron chi connectivity index (χ0n) is 17.5. The van der Waals surface area contributed by atoms with Gasteiger partial charge >= 0.3 is 0 Å². The molecule has 0 bridgehead atoms. The van der Waals surface area contributed by atoms with Crippen molar-refractivity contribution in [3.63, 3.8) is 0 Å². The second-order valence-corrected chi connectivity index (χ2v) is 8.62. The largest absolute Gasteiger partial charge is 0.372 e. The summed E-state index contributed by atoms with van der Waals surface area (Å²) >= 11 is 0. The lowest BCUT2D eigenvalue weighted by Crippen LogP contribution is -2.42. The Balaban J connectivity index is 1.22. The number of nitroso groups, excluding NO2 is 1. The number of pyridine rings is 1. The predicted octanol–water partition coefficient (Wildman–Crippen LogP) is 3.30. The van der Waals surface area contributed by atoms with Gasteiger partial charge in [0, 0.05) is 37.2 Å². The van der Waals surface area contributed by atoms with Crippen LogP contribution in [0.2, 0.25) is 0 Å². The molecule has 3 aliphatic rings. The lowest BCUT2D eigenvalue weighted by Gasteiger charge is -2.35. The van der Waals surface area contributed by atoms with Gasteiger partial charge in [0.05, 0.1) is 30.9 Å². The number of hydrogen-bond donors (Lipinski definition) is 1. The number of nitrogens with zero attached hydrogens (tertiary/aromatic N) is 4. The van der Waals surface area contributed by atoms with Gasteiger partial charge in [0.1, 0.15) is 0 Å². The Labute approximate surface area is 182 Å². The average molecular weight is 418 g/mol. The van der Waals surface area contributed by atoms with E-state index in [1.165, 1.54) is 16.8 Å². The number of piperidine rings is 1. The van der Waals surface area contributed by atoms with Crippen molar-refractivity contribution in [1.82, 2.24) is 20.1 Å². The summed E-state index contributed by atoms with van der Waals surface area (Å²) in [5, 5.41) is 6.88. The summed E-state index contributed by atoms with van der Waals surface area (Å²) in [6.07, 6.45) is 8.27. The van der Waals surface area contributed by atoms with E-state index in [1.807, 2.05) is 17.0 Å². The van der Waals surface area contributed by atoms with E-state index in [0.717, 1.165) is 31.5 Å². The Bertz CT molecular complexity index is 984. The highest BCUT2D eigenvalue weighted by molar-refractivity contribution is 5.78. The van der Waals surface area contributed by atoms with Gasteiger partial charge in [0.25, 0.3) is 0 Å². The third kappa shape index (κ3) is 3.80. The molecule has 2 atom stereocenters. The van der Waals surface area contributed by atoms with E-state index in [9.17, 15) is 9.70 Å². The fraction of sp³-hybridized carbons (Fsp3) is 0.417. The van der Waals surface area contributed by atoms with E-state index in [1.54, 1.807) is 12.4 Å². The van der Waals surface area contributed by atoms with Crippen LogP contribution in [0.25, 0.3) is 5.70 Å². The van der Waals surface area contributed by atoms with Crippen molar-refractivity contribution in [3.05, 3.63) is 76.6 Å². The molecular weight excluding hydrogens is 390 g/mol. The Morgan fingerprint density at radius 2 is 1.94 bits per heavy atom. The molecule has 1 amide bonds. The number of benzene rings is 1. The number of hydrogen-bond acceptors (Lipinski definition) is 6. The van der Waals surface area contributed by atoms with Gasteiger partial charge in [-0.1, -0.05) is 29.4 Å². The van der Waals surface area contributed by atoms with Gasteiger partial charge in [0.15, 0.2) is 0 Å². The molecule has 7 nitrogen and oxygen atoms in total. The first kappa shape index (κ1) is 19.7. The summed E-state index contributed by atoms with van der Waals surface area (Å²) in [4.78, 5) is 32.8. The Morgan fingerprint density at radius 1 is 1.16 bits per heavy atom. The summed E-state index contributed by atoms with van der Waals surface area (Å²) in [5.41, 5.74) is 4.73. The van der Waals surface area contributed by atoms with Crippen LogP contribution in [0.3, 0.4) is 0 Å². The van der Waals surface area contributed by atoms with Crippen molar-refractivity contribution in [3.8, 4) is 0 Å². The van der Waals surface area contributed by atoms with Crippen LogP contribution in [0.1, 0.15) is 42.0 Å².